The Hall–Kier alpha value is -1.93. The molecule has 2 aromatic carbocycles. The summed E-state index contributed by atoms with van der Waals surface area (Å²) in [7, 11) is 0. The van der Waals surface area contributed by atoms with E-state index in [0.29, 0.717) is 0 Å². The van der Waals surface area contributed by atoms with Crippen LogP contribution in [0.25, 0.3) is 22.0 Å². The molecule has 3 rings (SSSR count). The molecule has 0 aliphatic rings. The molecule has 0 atom stereocenters. The Morgan fingerprint density at radius 1 is 0.882 bits per heavy atom. The largest absolute Gasteiger partial charge is 0.361 e. The van der Waals surface area contributed by atoms with E-state index in [-0.39, 0.29) is 0 Å². The van der Waals surface area contributed by atoms with Crippen LogP contribution in [0, 0.1) is 4.51 Å². The van der Waals surface area contributed by atoms with Gasteiger partial charge in [-0.25, -0.2) is 0 Å². The maximum Gasteiger partial charge on any atom is 0.0474 e. The summed E-state index contributed by atoms with van der Waals surface area (Å²) in [5.74, 6) is 0. The molecule has 0 fully saturated rings. The van der Waals surface area contributed by atoms with Gasteiger partial charge in [0.2, 0.25) is 0 Å². The average molecular weight is 237 g/mol. The molecule has 1 nitrogen and oxygen atoms in total. The van der Waals surface area contributed by atoms with Crippen molar-refractivity contribution in [3.63, 3.8) is 0 Å². The zero-order valence-electron chi connectivity index (χ0n) is 9.18. The number of nitrogens with one attached hydrogen (secondary N) is 1. The monoisotopic (exact) mass is 237 g/mol. The van der Waals surface area contributed by atoms with Crippen molar-refractivity contribution in [2.45, 2.75) is 0 Å². The summed E-state index contributed by atoms with van der Waals surface area (Å²) < 4.78 is 0.853. The van der Waals surface area contributed by atoms with Gasteiger partial charge in [0, 0.05) is 22.0 Å². The molecular formula is C15H11NS. The van der Waals surface area contributed by atoms with E-state index in [9.17, 15) is 0 Å². The Morgan fingerprint density at radius 2 is 1.71 bits per heavy atom. The fourth-order valence-electron chi connectivity index (χ4n) is 2.06. The number of benzene rings is 2. The van der Waals surface area contributed by atoms with Crippen LogP contribution in [-0.2, 0) is 0 Å². The Bertz CT molecular complexity index is 723. The lowest BCUT2D eigenvalue weighted by Gasteiger charge is -2.06. The van der Waals surface area contributed by atoms with Crippen LogP contribution < -0.4 is 0 Å². The summed E-state index contributed by atoms with van der Waals surface area (Å²) in [4.78, 5) is 3.25. The van der Waals surface area contributed by atoms with Crippen LogP contribution in [0.3, 0.4) is 0 Å². The van der Waals surface area contributed by atoms with Crippen LogP contribution in [0.4, 0.5) is 0 Å². The van der Waals surface area contributed by atoms with Crippen LogP contribution >= 0.6 is 12.2 Å². The van der Waals surface area contributed by atoms with Crippen molar-refractivity contribution in [1.29, 1.82) is 0 Å². The topological polar surface area (TPSA) is 15.8 Å². The number of hydrogen-bond acceptors (Lipinski definition) is 1. The molecule has 0 amide bonds. The summed E-state index contributed by atoms with van der Waals surface area (Å²) >= 11 is 5.20. The van der Waals surface area contributed by atoms with Gasteiger partial charge in [-0.15, -0.1) is 0 Å². The van der Waals surface area contributed by atoms with Crippen molar-refractivity contribution in [3.05, 3.63) is 65.3 Å². The van der Waals surface area contributed by atoms with Gasteiger partial charge in [0.15, 0.2) is 0 Å². The van der Waals surface area contributed by atoms with Gasteiger partial charge in [-0.3, -0.25) is 0 Å². The number of H-pyrrole nitrogens is 1. The minimum atomic E-state index is 0.853. The molecule has 17 heavy (non-hydrogen) atoms. The third-order valence-corrected chi connectivity index (χ3v) is 3.11. The quantitative estimate of drug-likeness (QED) is 0.613. The number of rotatable bonds is 1. The Labute approximate surface area is 105 Å². The van der Waals surface area contributed by atoms with Crippen molar-refractivity contribution in [2.24, 2.45) is 0 Å². The summed E-state index contributed by atoms with van der Waals surface area (Å²) in [6.07, 6.45) is 1.89. The predicted octanol–water partition coefficient (Wildman–Crippen LogP) is 4.56. The molecule has 0 saturated carbocycles. The van der Waals surface area contributed by atoms with Crippen molar-refractivity contribution in [2.75, 3.05) is 0 Å². The van der Waals surface area contributed by atoms with Crippen molar-refractivity contribution in [3.8, 4) is 11.3 Å². The van der Waals surface area contributed by atoms with Crippen LogP contribution in [0.15, 0.2) is 60.8 Å². The average Bonchev–Trinajstić information content (AvgIpc) is 2.38. The maximum absolute atomic E-state index is 5.20. The second-order valence-corrected chi connectivity index (χ2v) is 4.44. The predicted molar refractivity (Wildman–Crippen MR) is 74.6 cm³/mol. The first-order chi connectivity index (χ1) is 8.34. The lowest BCUT2D eigenvalue weighted by atomic mass is 10.0. The molecule has 0 spiro atoms. The van der Waals surface area contributed by atoms with Gasteiger partial charge in [-0.2, -0.15) is 0 Å². The van der Waals surface area contributed by atoms with Gasteiger partial charge < -0.3 is 4.98 Å². The van der Waals surface area contributed by atoms with Gasteiger partial charge in [0.1, 0.15) is 0 Å². The molecule has 2 heteroatoms. The van der Waals surface area contributed by atoms with Gasteiger partial charge in [0.05, 0.1) is 0 Å². The first-order valence-corrected chi connectivity index (χ1v) is 5.92. The van der Waals surface area contributed by atoms with Crippen LogP contribution in [-0.4, -0.2) is 4.98 Å². The Kier molecular flexibility index (Phi) is 2.50. The van der Waals surface area contributed by atoms with Crippen LogP contribution in [0.5, 0.6) is 0 Å². The smallest absolute Gasteiger partial charge is 0.0474 e. The molecule has 0 saturated heterocycles. The molecule has 0 radical (unpaired) electrons. The number of pyridine rings is 1. The summed E-state index contributed by atoms with van der Waals surface area (Å²) in [5.41, 5.74) is 2.25. The minimum absolute atomic E-state index is 0.853. The molecule has 0 aliphatic heterocycles. The second kappa shape index (κ2) is 4.15. The highest BCUT2D eigenvalue weighted by Crippen LogP contribution is 2.26. The normalized spacial score (nSPS) is 10.6. The standard InChI is InChI=1S/C15H11NS/c17-12-8-9-16-15(10-12)14-7-3-5-11-4-1-2-6-13(11)14/h1-10H,(H,16,17). The van der Waals surface area contributed by atoms with Gasteiger partial charge >= 0.3 is 0 Å². The fourth-order valence-corrected chi connectivity index (χ4v) is 2.25. The van der Waals surface area contributed by atoms with E-state index < -0.39 is 0 Å². The van der Waals surface area contributed by atoms with Crippen molar-refractivity contribution in [1.82, 2.24) is 4.98 Å². The highest BCUT2D eigenvalue weighted by molar-refractivity contribution is 7.71. The first-order valence-electron chi connectivity index (χ1n) is 5.51. The van der Waals surface area contributed by atoms with E-state index in [0.717, 1.165) is 10.2 Å². The molecule has 1 aromatic heterocycles. The number of aromatic amines is 1. The number of fused-ring (bicyclic) bond motifs is 1. The molecule has 1 N–H and O–H groups in total. The van der Waals surface area contributed by atoms with E-state index in [4.69, 9.17) is 12.2 Å². The van der Waals surface area contributed by atoms with Gasteiger partial charge in [-0.05, 0) is 22.9 Å². The zero-order chi connectivity index (χ0) is 11.7. The zero-order valence-corrected chi connectivity index (χ0v) is 10.00. The molecule has 0 bridgehead atoms. The maximum atomic E-state index is 5.20. The van der Waals surface area contributed by atoms with Gasteiger partial charge in [0.25, 0.3) is 0 Å². The number of aromatic nitrogens is 1. The lowest BCUT2D eigenvalue weighted by Crippen LogP contribution is -1.84. The fraction of sp³-hybridized carbons (Fsp3) is 0. The molecule has 0 aliphatic carbocycles. The molecule has 82 valence electrons. The summed E-state index contributed by atoms with van der Waals surface area (Å²) in [5, 5.41) is 2.49. The third-order valence-electron chi connectivity index (χ3n) is 2.85. The van der Waals surface area contributed by atoms with E-state index in [1.54, 1.807) is 0 Å². The first kappa shape index (κ1) is 10.2. The van der Waals surface area contributed by atoms with Crippen LogP contribution in [0.1, 0.15) is 0 Å². The molecular weight excluding hydrogens is 226 g/mol. The number of hydrogen-bond donors (Lipinski definition) is 1. The summed E-state index contributed by atoms with van der Waals surface area (Å²) in [6.45, 7) is 0. The van der Waals surface area contributed by atoms with E-state index in [1.807, 2.05) is 18.3 Å². The molecule has 3 aromatic rings. The minimum Gasteiger partial charge on any atom is -0.361 e. The van der Waals surface area contributed by atoms with E-state index in [2.05, 4.69) is 47.4 Å². The third kappa shape index (κ3) is 1.87. The second-order valence-electron chi connectivity index (χ2n) is 3.96. The summed E-state index contributed by atoms with van der Waals surface area (Å²) in [6, 6.07) is 18.6. The van der Waals surface area contributed by atoms with E-state index >= 15 is 0 Å². The van der Waals surface area contributed by atoms with Gasteiger partial charge in [-0.1, -0.05) is 54.7 Å². The molecule has 1 heterocycles. The van der Waals surface area contributed by atoms with Crippen molar-refractivity contribution >= 4 is 23.0 Å². The lowest BCUT2D eigenvalue weighted by molar-refractivity contribution is 1.33. The van der Waals surface area contributed by atoms with E-state index in [1.165, 1.54) is 16.3 Å². The van der Waals surface area contributed by atoms with Crippen LogP contribution in [0.2, 0.25) is 0 Å². The van der Waals surface area contributed by atoms with Crippen molar-refractivity contribution < 1.29 is 0 Å². The SMILES string of the molecule is S=c1cc[nH]c(-c2cccc3ccccc23)c1. The molecule has 0 unspecified atom stereocenters. The Balaban J connectivity index is 2.34. The Morgan fingerprint density at radius 3 is 2.59 bits per heavy atom. The highest BCUT2D eigenvalue weighted by Gasteiger charge is 2.02. The highest BCUT2D eigenvalue weighted by atomic mass is 32.1.